The van der Waals surface area contributed by atoms with Crippen LogP contribution in [0.2, 0.25) is 0 Å². The Kier molecular flexibility index (Phi) is 2.26. The van der Waals surface area contributed by atoms with E-state index in [9.17, 15) is 4.39 Å². The fourth-order valence-electron chi connectivity index (χ4n) is 2.01. The number of fused-ring (bicyclic) bond motifs is 1. The topological polar surface area (TPSA) is 56.7 Å². The number of nitrogen functional groups attached to an aromatic ring is 1. The van der Waals surface area contributed by atoms with E-state index in [4.69, 9.17) is 5.73 Å². The summed E-state index contributed by atoms with van der Waals surface area (Å²) in [6.07, 6.45) is 3.26. The largest absolute Gasteiger partial charge is 0.397 e. The average Bonchev–Trinajstić information content (AvgIpc) is 2.66. The number of nitrogens with two attached hydrogens (primary N) is 1. The van der Waals surface area contributed by atoms with Crippen molar-refractivity contribution in [2.24, 2.45) is 7.05 Å². The van der Waals surface area contributed by atoms with E-state index in [1.54, 1.807) is 24.5 Å². The summed E-state index contributed by atoms with van der Waals surface area (Å²) in [5.74, 6) is 0.424. The highest BCUT2D eigenvalue weighted by Crippen LogP contribution is 2.24. The zero-order valence-corrected chi connectivity index (χ0v) is 9.76. The van der Waals surface area contributed by atoms with Gasteiger partial charge in [-0.25, -0.2) is 9.37 Å². The summed E-state index contributed by atoms with van der Waals surface area (Å²) < 4.78 is 15.1. The molecule has 0 bridgehead atoms. The van der Waals surface area contributed by atoms with Crippen molar-refractivity contribution in [2.75, 3.05) is 5.73 Å². The van der Waals surface area contributed by atoms with Crippen LogP contribution in [0.15, 0.2) is 36.7 Å². The number of benzene rings is 1. The zero-order chi connectivity index (χ0) is 12.7. The van der Waals surface area contributed by atoms with E-state index in [-0.39, 0.29) is 5.82 Å². The second-order valence-electron chi connectivity index (χ2n) is 4.13. The van der Waals surface area contributed by atoms with E-state index in [0.29, 0.717) is 11.2 Å². The molecule has 18 heavy (non-hydrogen) atoms. The van der Waals surface area contributed by atoms with Crippen molar-refractivity contribution in [1.29, 1.82) is 0 Å². The van der Waals surface area contributed by atoms with Gasteiger partial charge in [0.15, 0.2) is 0 Å². The van der Waals surface area contributed by atoms with Crippen molar-refractivity contribution in [3.05, 3.63) is 42.5 Å². The van der Waals surface area contributed by atoms with Crippen molar-refractivity contribution < 1.29 is 4.39 Å². The Morgan fingerprint density at radius 2 is 2.06 bits per heavy atom. The summed E-state index contributed by atoms with van der Waals surface area (Å²) in [4.78, 5) is 8.45. The molecule has 0 saturated heterocycles. The number of aryl methyl sites for hydroxylation is 1. The number of imidazole rings is 1. The molecule has 0 unspecified atom stereocenters. The van der Waals surface area contributed by atoms with Crippen molar-refractivity contribution in [3.8, 4) is 11.4 Å². The van der Waals surface area contributed by atoms with Crippen LogP contribution in [-0.2, 0) is 7.05 Å². The van der Waals surface area contributed by atoms with Crippen LogP contribution < -0.4 is 5.73 Å². The molecule has 90 valence electrons. The Morgan fingerprint density at radius 3 is 2.83 bits per heavy atom. The normalized spacial score (nSPS) is 11.0. The van der Waals surface area contributed by atoms with E-state index in [1.165, 1.54) is 12.1 Å². The maximum Gasteiger partial charge on any atom is 0.142 e. The number of pyridine rings is 1. The third-order valence-corrected chi connectivity index (χ3v) is 2.86. The lowest BCUT2D eigenvalue weighted by Gasteiger charge is -2.02. The molecule has 0 aliphatic heterocycles. The third kappa shape index (κ3) is 1.60. The molecular weight excluding hydrogens is 231 g/mol. The van der Waals surface area contributed by atoms with Gasteiger partial charge in [-0.15, -0.1) is 0 Å². The number of hydrogen-bond donors (Lipinski definition) is 1. The molecule has 4 nitrogen and oxygen atoms in total. The summed E-state index contributed by atoms with van der Waals surface area (Å²) in [7, 11) is 1.88. The predicted molar refractivity (Wildman–Crippen MR) is 68.3 cm³/mol. The SMILES string of the molecule is Cn1c(-c2cncc(N)c2)nc2cc(F)ccc21. The van der Waals surface area contributed by atoms with Gasteiger partial charge in [0.05, 0.1) is 16.7 Å². The van der Waals surface area contributed by atoms with Crippen LogP contribution in [0, 0.1) is 5.82 Å². The predicted octanol–water partition coefficient (Wildman–Crippen LogP) is 2.36. The standard InChI is InChI=1S/C13H11FN4/c1-18-12-3-2-9(14)5-11(12)17-13(18)8-4-10(15)7-16-6-8/h2-7H,15H2,1H3. The molecule has 5 heteroatoms. The molecule has 2 heterocycles. The maximum absolute atomic E-state index is 13.2. The molecule has 0 saturated carbocycles. The zero-order valence-electron chi connectivity index (χ0n) is 9.76. The highest BCUT2D eigenvalue weighted by molar-refractivity contribution is 5.80. The molecule has 2 N–H and O–H groups in total. The van der Waals surface area contributed by atoms with Gasteiger partial charge in [-0.05, 0) is 18.2 Å². The van der Waals surface area contributed by atoms with Gasteiger partial charge in [0.25, 0.3) is 0 Å². The molecule has 0 amide bonds. The maximum atomic E-state index is 13.2. The smallest absolute Gasteiger partial charge is 0.142 e. The van der Waals surface area contributed by atoms with Gasteiger partial charge >= 0.3 is 0 Å². The van der Waals surface area contributed by atoms with Gasteiger partial charge in [0.2, 0.25) is 0 Å². The summed E-state index contributed by atoms with van der Waals surface area (Å²) >= 11 is 0. The van der Waals surface area contributed by atoms with E-state index in [1.807, 2.05) is 11.6 Å². The Bertz CT molecular complexity index is 733. The molecule has 0 aliphatic rings. The van der Waals surface area contributed by atoms with E-state index < -0.39 is 0 Å². The minimum Gasteiger partial charge on any atom is -0.397 e. The highest BCUT2D eigenvalue weighted by atomic mass is 19.1. The van der Waals surface area contributed by atoms with Crippen LogP contribution in [0.5, 0.6) is 0 Å². The van der Waals surface area contributed by atoms with Crippen LogP contribution in [0.1, 0.15) is 0 Å². The molecule has 3 rings (SSSR count). The van der Waals surface area contributed by atoms with Crippen LogP contribution in [0.4, 0.5) is 10.1 Å². The van der Waals surface area contributed by atoms with Gasteiger partial charge in [-0.3, -0.25) is 4.98 Å². The number of nitrogens with zero attached hydrogens (tertiary/aromatic N) is 3. The van der Waals surface area contributed by atoms with E-state index >= 15 is 0 Å². The summed E-state index contributed by atoms with van der Waals surface area (Å²) in [6.45, 7) is 0. The molecular formula is C13H11FN4. The third-order valence-electron chi connectivity index (χ3n) is 2.86. The molecule has 3 aromatic rings. The molecule has 2 aromatic heterocycles. The minimum atomic E-state index is -0.294. The quantitative estimate of drug-likeness (QED) is 0.712. The molecule has 1 aromatic carbocycles. The van der Waals surface area contributed by atoms with Crippen molar-refractivity contribution in [1.82, 2.24) is 14.5 Å². The summed E-state index contributed by atoms with van der Waals surface area (Å²) in [6, 6.07) is 6.34. The second-order valence-corrected chi connectivity index (χ2v) is 4.13. The Balaban J connectivity index is 2.27. The monoisotopic (exact) mass is 242 g/mol. The lowest BCUT2D eigenvalue weighted by atomic mass is 10.2. The Morgan fingerprint density at radius 1 is 1.22 bits per heavy atom. The van der Waals surface area contributed by atoms with Crippen LogP contribution in [0.3, 0.4) is 0 Å². The number of halogens is 1. The molecule has 0 fully saturated rings. The lowest BCUT2D eigenvalue weighted by molar-refractivity contribution is 0.629. The average molecular weight is 242 g/mol. The van der Waals surface area contributed by atoms with E-state index in [2.05, 4.69) is 9.97 Å². The van der Waals surface area contributed by atoms with E-state index in [0.717, 1.165) is 16.9 Å². The van der Waals surface area contributed by atoms with Gasteiger partial charge < -0.3 is 10.3 Å². The first-order valence-corrected chi connectivity index (χ1v) is 5.48. The lowest BCUT2D eigenvalue weighted by Crippen LogP contribution is -1.94. The number of anilines is 1. The number of rotatable bonds is 1. The summed E-state index contributed by atoms with van der Waals surface area (Å²) in [5.41, 5.74) is 8.58. The number of hydrogen-bond acceptors (Lipinski definition) is 3. The minimum absolute atomic E-state index is 0.294. The van der Waals surface area contributed by atoms with Gasteiger partial charge in [0, 0.05) is 31.1 Å². The second kappa shape index (κ2) is 3.80. The van der Waals surface area contributed by atoms with Crippen LogP contribution in [0.25, 0.3) is 22.4 Å². The Hall–Kier alpha value is -2.43. The van der Waals surface area contributed by atoms with Crippen molar-refractivity contribution in [3.63, 3.8) is 0 Å². The fraction of sp³-hybridized carbons (Fsp3) is 0.0769. The summed E-state index contributed by atoms with van der Waals surface area (Å²) in [5, 5.41) is 0. The molecule has 0 radical (unpaired) electrons. The first-order valence-electron chi connectivity index (χ1n) is 5.48. The van der Waals surface area contributed by atoms with Crippen LogP contribution in [-0.4, -0.2) is 14.5 Å². The molecule has 0 atom stereocenters. The van der Waals surface area contributed by atoms with Gasteiger partial charge in [-0.1, -0.05) is 0 Å². The first kappa shape index (κ1) is 10.7. The first-order chi connectivity index (χ1) is 8.65. The van der Waals surface area contributed by atoms with Gasteiger partial charge in [0.1, 0.15) is 11.6 Å². The molecule has 0 aliphatic carbocycles. The highest BCUT2D eigenvalue weighted by Gasteiger charge is 2.10. The van der Waals surface area contributed by atoms with Crippen molar-refractivity contribution >= 4 is 16.7 Å². The van der Waals surface area contributed by atoms with Gasteiger partial charge in [-0.2, -0.15) is 0 Å². The Labute approximate surface area is 103 Å². The number of aromatic nitrogens is 3. The fourth-order valence-corrected chi connectivity index (χ4v) is 2.01. The van der Waals surface area contributed by atoms with Crippen LogP contribution >= 0.6 is 0 Å². The molecule has 0 spiro atoms. The van der Waals surface area contributed by atoms with Crippen molar-refractivity contribution in [2.45, 2.75) is 0 Å².